The average molecular weight is 306 g/mol. The second-order valence-electron chi connectivity index (χ2n) is 5.83. The molecule has 0 spiro atoms. The van der Waals surface area contributed by atoms with Crippen LogP contribution < -0.4 is 0 Å². The molecule has 5 heteroatoms. The van der Waals surface area contributed by atoms with Gasteiger partial charge in [0.1, 0.15) is 5.41 Å². The second-order valence-corrected chi connectivity index (χ2v) is 5.83. The van der Waals surface area contributed by atoms with Gasteiger partial charge in [-0.15, -0.1) is 0 Å². The largest absolute Gasteiger partial charge is 0.273 e. The Balaban J connectivity index is 2.40. The summed E-state index contributed by atoms with van der Waals surface area (Å²) in [6.45, 7) is 5.20. The van der Waals surface area contributed by atoms with E-state index >= 15 is 0 Å². The van der Waals surface area contributed by atoms with Crippen LogP contribution in [0.2, 0.25) is 0 Å². The molecule has 116 valence electrons. The molecular formula is C18H18N4O. The van der Waals surface area contributed by atoms with Gasteiger partial charge in [0.2, 0.25) is 5.91 Å². The van der Waals surface area contributed by atoms with E-state index in [2.05, 4.69) is 17.2 Å². The van der Waals surface area contributed by atoms with Gasteiger partial charge >= 0.3 is 0 Å². The van der Waals surface area contributed by atoms with Crippen LogP contribution in [0, 0.1) is 41.9 Å². The van der Waals surface area contributed by atoms with E-state index in [1.807, 2.05) is 50.2 Å². The standard InChI is InChI=1S/C18H18N4O/c1-13-9-14(2)22(21-13)17(23)10-16(18(3,11-19)12-20)15-7-5-4-6-8-15/h4-9,16H,10H2,1-3H3/t16-/m0/s1. The van der Waals surface area contributed by atoms with Gasteiger partial charge in [0.05, 0.1) is 17.8 Å². The van der Waals surface area contributed by atoms with Crippen molar-refractivity contribution in [2.75, 3.05) is 0 Å². The first kappa shape index (κ1) is 16.5. The number of hydrogen-bond acceptors (Lipinski definition) is 4. The Bertz CT molecular complexity index is 779. The summed E-state index contributed by atoms with van der Waals surface area (Å²) in [5.41, 5.74) is 1.02. The summed E-state index contributed by atoms with van der Waals surface area (Å²) in [5, 5.41) is 23.1. The number of hydrogen-bond donors (Lipinski definition) is 0. The zero-order valence-electron chi connectivity index (χ0n) is 13.4. The number of benzene rings is 1. The Hall–Kier alpha value is -2.92. The minimum absolute atomic E-state index is 0.0452. The smallest absolute Gasteiger partial charge is 0.247 e. The van der Waals surface area contributed by atoms with Gasteiger partial charge in [0.25, 0.3) is 0 Å². The van der Waals surface area contributed by atoms with Crippen molar-refractivity contribution in [1.29, 1.82) is 10.5 Å². The third-order valence-corrected chi connectivity index (χ3v) is 3.99. The third kappa shape index (κ3) is 3.30. The molecule has 0 aliphatic heterocycles. The van der Waals surface area contributed by atoms with Crippen LogP contribution in [0.3, 0.4) is 0 Å². The molecule has 0 amide bonds. The van der Waals surface area contributed by atoms with Crippen LogP contribution in [0.25, 0.3) is 0 Å². The molecule has 0 aliphatic rings. The maximum Gasteiger partial charge on any atom is 0.247 e. The second kappa shape index (κ2) is 6.46. The molecular weight excluding hydrogens is 288 g/mol. The molecule has 1 aromatic heterocycles. The van der Waals surface area contributed by atoms with Gasteiger partial charge in [-0.05, 0) is 32.4 Å². The number of carbonyl (C=O) groups is 1. The Morgan fingerprint density at radius 3 is 2.35 bits per heavy atom. The molecule has 0 saturated carbocycles. The molecule has 0 radical (unpaired) electrons. The number of nitriles is 2. The third-order valence-electron chi connectivity index (χ3n) is 3.99. The highest BCUT2D eigenvalue weighted by Crippen LogP contribution is 2.38. The molecule has 0 fully saturated rings. The summed E-state index contributed by atoms with van der Waals surface area (Å²) in [4.78, 5) is 12.6. The monoisotopic (exact) mass is 306 g/mol. The first-order chi connectivity index (χ1) is 10.9. The van der Waals surface area contributed by atoms with Crippen molar-refractivity contribution in [2.45, 2.75) is 33.1 Å². The number of rotatable bonds is 4. The van der Waals surface area contributed by atoms with Gasteiger partial charge in [0, 0.05) is 18.0 Å². The molecule has 2 aromatic rings. The number of aryl methyl sites for hydroxylation is 2. The van der Waals surface area contributed by atoms with E-state index in [-0.39, 0.29) is 12.3 Å². The van der Waals surface area contributed by atoms with Crippen molar-refractivity contribution in [2.24, 2.45) is 5.41 Å². The van der Waals surface area contributed by atoms with Crippen molar-refractivity contribution in [1.82, 2.24) is 9.78 Å². The molecule has 0 N–H and O–H groups in total. The van der Waals surface area contributed by atoms with Gasteiger partial charge in [-0.25, -0.2) is 4.68 Å². The topological polar surface area (TPSA) is 82.5 Å². The Morgan fingerprint density at radius 2 is 1.87 bits per heavy atom. The minimum atomic E-state index is -1.28. The fourth-order valence-corrected chi connectivity index (χ4v) is 2.66. The zero-order chi connectivity index (χ0) is 17.0. The minimum Gasteiger partial charge on any atom is -0.273 e. The molecule has 1 heterocycles. The van der Waals surface area contributed by atoms with Crippen molar-refractivity contribution in [3.05, 3.63) is 53.3 Å². The lowest BCUT2D eigenvalue weighted by molar-refractivity contribution is 0.0863. The first-order valence-corrected chi connectivity index (χ1v) is 7.35. The maximum absolute atomic E-state index is 12.6. The predicted molar refractivity (Wildman–Crippen MR) is 85.5 cm³/mol. The zero-order valence-corrected chi connectivity index (χ0v) is 13.4. The van der Waals surface area contributed by atoms with Crippen LogP contribution >= 0.6 is 0 Å². The lowest BCUT2D eigenvalue weighted by atomic mass is 9.73. The Labute approximate surface area is 135 Å². The molecule has 0 unspecified atom stereocenters. The van der Waals surface area contributed by atoms with Crippen LogP contribution in [-0.4, -0.2) is 15.7 Å². The van der Waals surface area contributed by atoms with E-state index in [4.69, 9.17) is 0 Å². The normalized spacial score (nSPS) is 12.2. The van der Waals surface area contributed by atoms with E-state index in [0.29, 0.717) is 0 Å². The molecule has 0 saturated heterocycles. The quantitative estimate of drug-likeness (QED) is 0.867. The summed E-state index contributed by atoms with van der Waals surface area (Å²) in [7, 11) is 0. The predicted octanol–water partition coefficient (Wildman–Crippen LogP) is 3.37. The number of carbonyl (C=O) groups excluding carboxylic acids is 1. The first-order valence-electron chi connectivity index (χ1n) is 7.35. The van der Waals surface area contributed by atoms with E-state index in [9.17, 15) is 15.3 Å². The highest BCUT2D eigenvalue weighted by molar-refractivity contribution is 5.80. The summed E-state index contributed by atoms with van der Waals surface area (Å²) in [5.74, 6) is -0.740. The maximum atomic E-state index is 12.6. The lowest BCUT2D eigenvalue weighted by Crippen LogP contribution is -2.27. The van der Waals surface area contributed by atoms with Gasteiger partial charge in [0.15, 0.2) is 0 Å². The van der Waals surface area contributed by atoms with Crippen molar-refractivity contribution < 1.29 is 4.79 Å². The Kier molecular flexibility index (Phi) is 4.62. The van der Waals surface area contributed by atoms with Crippen LogP contribution in [0.1, 0.15) is 41.0 Å². The van der Waals surface area contributed by atoms with Gasteiger partial charge in [-0.2, -0.15) is 15.6 Å². The Morgan fingerprint density at radius 1 is 1.26 bits per heavy atom. The van der Waals surface area contributed by atoms with E-state index < -0.39 is 11.3 Å². The van der Waals surface area contributed by atoms with Crippen molar-refractivity contribution in [3.8, 4) is 12.1 Å². The van der Waals surface area contributed by atoms with E-state index in [1.165, 1.54) is 4.68 Å². The van der Waals surface area contributed by atoms with E-state index in [1.54, 1.807) is 6.92 Å². The van der Waals surface area contributed by atoms with Crippen LogP contribution in [-0.2, 0) is 0 Å². The molecule has 1 aromatic carbocycles. The van der Waals surface area contributed by atoms with Crippen LogP contribution in [0.5, 0.6) is 0 Å². The number of nitrogens with zero attached hydrogens (tertiary/aromatic N) is 4. The van der Waals surface area contributed by atoms with Gasteiger partial charge < -0.3 is 0 Å². The SMILES string of the molecule is Cc1cc(C)n(C(=O)C[C@@H](c2ccccc2)C(C)(C#N)C#N)n1. The van der Waals surface area contributed by atoms with E-state index in [0.717, 1.165) is 17.0 Å². The summed E-state index contributed by atoms with van der Waals surface area (Å²) >= 11 is 0. The fraction of sp³-hybridized carbons (Fsp3) is 0.333. The van der Waals surface area contributed by atoms with Crippen LogP contribution in [0.4, 0.5) is 0 Å². The highest BCUT2D eigenvalue weighted by Gasteiger charge is 2.37. The number of aromatic nitrogens is 2. The fourth-order valence-electron chi connectivity index (χ4n) is 2.66. The van der Waals surface area contributed by atoms with Crippen molar-refractivity contribution in [3.63, 3.8) is 0 Å². The summed E-state index contributed by atoms with van der Waals surface area (Å²) in [6.07, 6.45) is 0.0452. The highest BCUT2D eigenvalue weighted by atomic mass is 16.2. The summed E-state index contributed by atoms with van der Waals surface area (Å²) < 4.78 is 1.35. The molecule has 0 bridgehead atoms. The molecule has 5 nitrogen and oxygen atoms in total. The average Bonchev–Trinajstić information content (AvgIpc) is 2.91. The molecule has 23 heavy (non-hydrogen) atoms. The molecule has 1 atom stereocenters. The van der Waals surface area contributed by atoms with Crippen molar-refractivity contribution >= 4 is 5.91 Å². The molecule has 2 rings (SSSR count). The van der Waals surface area contributed by atoms with Gasteiger partial charge in [-0.3, -0.25) is 4.79 Å². The lowest BCUT2D eigenvalue weighted by Gasteiger charge is -2.25. The van der Waals surface area contributed by atoms with Crippen LogP contribution in [0.15, 0.2) is 36.4 Å². The molecule has 0 aliphatic carbocycles. The van der Waals surface area contributed by atoms with Gasteiger partial charge in [-0.1, -0.05) is 30.3 Å². The summed E-state index contributed by atoms with van der Waals surface area (Å²) in [6, 6.07) is 15.2.